The van der Waals surface area contributed by atoms with Crippen molar-refractivity contribution in [2.24, 2.45) is 0 Å². The molecule has 1 aliphatic heterocycles. The first-order valence-electron chi connectivity index (χ1n) is 9.67. The Morgan fingerprint density at radius 1 is 1.11 bits per heavy atom. The predicted molar refractivity (Wildman–Crippen MR) is 111 cm³/mol. The molecule has 1 saturated heterocycles. The molecule has 1 aromatic heterocycles. The summed E-state index contributed by atoms with van der Waals surface area (Å²) in [4.78, 5) is 18.3. The zero-order valence-corrected chi connectivity index (χ0v) is 17.1. The van der Waals surface area contributed by atoms with Crippen molar-refractivity contribution in [3.63, 3.8) is 0 Å². The molecule has 0 spiro atoms. The van der Waals surface area contributed by atoms with E-state index in [1.807, 2.05) is 64.1 Å². The summed E-state index contributed by atoms with van der Waals surface area (Å²) in [6.07, 6.45) is 3.66. The maximum atomic E-state index is 12.2. The number of pyridine rings is 1. The van der Waals surface area contributed by atoms with E-state index in [-0.39, 0.29) is 6.09 Å². The van der Waals surface area contributed by atoms with Gasteiger partial charge in [0.05, 0.1) is 0 Å². The molecule has 28 heavy (non-hydrogen) atoms. The molecule has 1 aromatic carbocycles. The van der Waals surface area contributed by atoms with Gasteiger partial charge in [-0.3, -0.25) is 0 Å². The number of nitrogens with zero attached hydrogens (tertiary/aromatic N) is 2. The lowest BCUT2D eigenvalue weighted by Crippen LogP contribution is -2.40. The third kappa shape index (κ3) is 5.84. The number of benzene rings is 1. The second-order valence-electron chi connectivity index (χ2n) is 8.06. The Hall–Kier alpha value is -2.82. The maximum Gasteiger partial charge on any atom is 0.410 e. The lowest BCUT2D eigenvalue weighted by Gasteiger charge is -2.31. The molecular weight excluding hydrogens is 352 g/mol. The number of hydrogen-bond donors (Lipinski definition) is 0. The minimum Gasteiger partial charge on any atom is -0.444 e. The van der Waals surface area contributed by atoms with Crippen molar-refractivity contribution in [2.45, 2.75) is 46.1 Å². The fourth-order valence-corrected chi connectivity index (χ4v) is 3.05. The number of piperidine rings is 1. The first-order chi connectivity index (χ1) is 13.3. The van der Waals surface area contributed by atoms with Crippen molar-refractivity contribution >= 4 is 12.2 Å². The van der Waals surface area contributed by atoms with Gasteiger partial charge in [-0.2, -0.15) is 0 Å². The van der Waals surface area contributed by atoms with Gasteiger partial charge in [0.2, 0.25) is 5.88 Å². The fraction of sp³-hybridized carbons (Fsp3) is 0.391. The minimum atomic E-state index is -0.459. The zero-order valence-electron chi connectivity index (χ0n) is 17.1. The van der Waals surface area contributed by atoms with Gasteiger partial charge < -0.3 is 14.4 Å². The third-order valence-electron chi connectivity index (χ3n) is 4.37. The Labute approximate surface area is 167 Å². The van der Waals surface area contributed by atoms with Crippen molar-refractivity contribution in [2.75, 3.05) is 13.1 Å². The second-order valence-corrected chi connectivity index (χ2v) is 8.06. The first kappa shape index (κ1) is 19.9. The highest BCUT2D eigenvalue weighted by Gasteiger charge is 2.24. The normalized spacial score (nSPS) is 14.6. The van der Waals surface area contributed by atoms with Crippen molar-refractivity contribution in [3.05, 3.63) is 59.3 Å². The summed E-state index contributed by atoms with van der Waals surface area (Å²) < 4.78 is 11.3. The summed E-state index contributed by atoms with van der Waals surface area (Å²) in [5, 5.41) is 0. The molecule has 5 nitrogen and oxygen atoms in total. The number of hydrogen-bond acceptors (Lipinski definition) is 4. The Kier molecular flexibility index (Phi) is 6.02. The summed E-state index contributed by atoms with van der Waals surface area (Å²) in [6.45, 7) is 8.98. The fourth-order valence-electron chi connectivity index (χ4n) is 3.05. The highest BCUT2D eigenvalue weighted by molar-refractivity contribution is 5.68. The van der Waals surface area contributed by atoms with Crippen LogP contribution in [-0.2, 0) is 4.74 Å². The highest BCUT2D eigenvalue weighted by Crippen LogP contribution is 2.25. The van der Waals surface area contributed by atoms with Crippen LogP contribution in [0.1, 0.15) is 44.9 Å². The molecule has 0 bridgehead atoms. The van der Waals surface area contributed by atoms with Crippen LogP contribution >= 0.6 is 0 Å². The molecule has 2 heterocycles. The SMILES string of the molecule is Cc1cccc(Oc2cccc(C=C3CCN(C(=O)OC(C)(C)C)CC3)c2)n1. The topological polar surface area (TPSA) is 51.7 Å². The number of rotatable bonds is 3. The molecule has 1 fully saturated rings. The average molecular weight is 380 g/mol. The molecule has 0 atom stereocenters. The number of carbonyl (C=O) groups excluding carboxylic acids is 1. The lowest BCUT2D eigenvalue weighted by molar-refractivity contribution is 0.0237. The van der Waals surface area contributed by atoms with Crippen LogP contribution in [0, 0.1) is 6.92 Å². The van der Waals surface area contributed by atoms with Crippen LogP contribution in [0.2, 0.25) is 0 Å². The van der Waals surface area contributed by atoms with Gasteiger partial charge in [-0.05, 0) is 64.3 Å². The second kappa shape index (κ2) is 8.46. The van der Waals surface area contributed by atoms with E-state index < -0.39 is 5.60 Å². The first-order valence-corrected chi connectivity index (χ1v) is 9.67. The predicted octanol–water partition coefficient (Wildman–Crippen LogP) is 5.60. The third-order valence-corrected chi connectivity index (χ3v) is 4.37. The van der Waals surface area contributed by atoms with Gasteiger partial charge in [0.15, 0.2) is 0 Å². The highest BCUT2D eigenvalue weighted by atomic mass is 16.6. The molecule has 0 N–H and O–H groups in total. The van der Waals surface area contributed by atoms with E-state index in [4.69, 9.17) is 9.47 Å². The van der Waals surface area contributed by atoms with Gasteiger partial charge in [-0.25, -0.2) is 9.78 Å². The molecule has 3 rings (SSSR count). The number of aromatic nitrogens is 1. The standard InChI is InChI=1S/C23H28N2O3/c1-17-7-5-10-21(24-17)27-20-9-6-8-19(16-20)15-18-11-13-25(14-12-18)22(26)28-23(2,3)4/h5-10,15-16H,11-14H2,1-4H3. The van der Waals surface area contributed by atoms with Gasteiger partial charge in [0.1, 0.15) is 11.4 Å². The van der Waals surface area contributed by atoms with Crippen molar-refractivity contribution in [3.8, 4) is 11.6 Å². The van der Waals surface area contributed by atoms with Crippen LogP contribution in [0.25, 0.3) is 6.08 Å². The molecule has 1 amide bonds. The van der Waals surface area contributed by atoms with E-state index in [0.717, 1.165) is 29.8 Å². The van der Waals surface area contributed by atoms with Crippen LogP contribution in [0.3, 0.4) is 0 Å². The summed E-state index contributed by atoms with van der Waals surface area (Å²) in [5.41, 5.74) is 2.88. The monoisotopic (exact) mass is 380 g/mol. The van der Waals surface area contributed by atoms with Crippen molar-refractivity contribution in [1.29, 1.82) is 0 Å². The van der Waals surface area contributed by atoms with E-state index in [1.165, 1.54) is 5.57 Å². The summed E-state index contributed by atoms with van der Waals surface area (Å²) in [5.74, 6) is 1.36. The molecule has 0 unspecified atom stereocenters. The molecule has 2 aromatic rings. The number of carbonyl (C=O) groups is 1. The van der Waals surface area contributed by atoms with E-state index in [1.54, 1.807) is 4.90 Å². The maximum absolute atomic E-state index is 12.2. The molecule has 1 aliphatic rings. The van der Waals surface area contributed by atoms with Gasteiger partial charge in [-0.1, -0.05) is 29.8 Å². The van der Waals surface area contributed by atoms with Gasteiger partial charge in [0.25, 0.3) is 0 Å². The zero-order chi connectivity index (χ0) is 20.1. The van der Waals surface area contributed by atoms with E-state index in [9.17, 15) is 4.79 Å². The van der Waals surface area contributed by atoms with Crippen LogP contribution in [0.4, 0.5) is 4.79 Å². The summed E-state index contributed by atoms with van der Waals surface area (Å²) >= 11 is 0. The summed E-state index contributed by atoms with van der Waals surface area (Å²) in [7, 11) is 0. The smallest absolute Gasteiger partial charge is 0.410 e. The lowest BCUT2D eigenvalue weighted by atomic mass is 10.0. The van der Waals surface area contributed by atoms with E-state index in [2.05, 4.69) is 17.1 Å². The van der Waals surface area contributed by atoms with Gasteiger partial charge >= 0.3 is 6.09 Å². The molecule has 148 valence electrons. The van der Waals surface area contributed by atoms with E-state index in [0.29, 0.717) is 19.0 Å². The Bertz CT molecular complexity index is 858. The van der Waals surface area contributed by atoms with E-state index >= 15 is 0 Å². The largest absolute Gasteiger partial charge is 0.444 e. The Morgan fingerprint density at radius 3 is 2.50 bits per heavy atom. The number of aryl methyl sites for hydroxylation is 1. The molecule has 0 saturated carbocycles. The van der Waals surface area contributed by atoms with Crippen LogP contribution in [-0.4, -0.2) is 34.7 Å². The van der Waals surface area contributed by atoms with Crippen LogP contribution < -0.4 is 4.74 Å². The number of amides is 1. The van der Waals surface area contributed by atoms with Gasteiger partial charge in [-0.15, -0.1) is 0 Å². The Morgan fingerprint density at radius 2 is 1.82 bits per heavy atom. The molecular formula is C23H28N2O3. The molecule has 0 radical (unpaired) electrons. The number of ether oxygens (including phenoxy) is 2. The molecule has 5 heteroatoms. The molecule has 0 aliphatic carbocycles. The van der Waals surface area contributed by atoms with Crippen LogP contribution in [0.5, 0.6) is 11.6 Å². The Balaban J connectivity index is 1.61. The van der Waals surface area contributed by atoms with Crippen molar-refractivity contribution in [1.82, 2.24) is 9.88 Å². The van der Waals surface area contributed by atoms with Crippen molar-refractivity contribution < 1.29 is 14.3 Å². The van der Waals surface area contributed by atoms with Gasteiger partial charge in [0, 0.05) is 24.8 Å². The minimum absolute atomic E-state index is 0.229. The number of likely N-dealkylation sites (tertiary alicyclic amines) is 1. The van der Waals surface area contributed by atoms with Crippen LogP contribution in [0.15, 0.2) is 48.0 Å². The quantitative estimate of drug-likeness (QED) is 0.696. The summed E-state index contributed by atoms with van der Waals surface area (Å²) in [6, 6.07) is 13.7. The average Bonchev–Trinajstić information content (AvgIpc) is 2.61.